The van der Waals surface area contributed by atoms with E-state index in [2.05, 4.69) is 10.3 Å². The molecule has 19 heavy (non-hydrogen) atoms. The van der Waals surface area contributed by atoms with Gasteiger partial charge in [0.25, 0.3) is 5.91 Å². The van der Waals surface area contributed by atoms with Crippen molar-refractivity contribution in [1.29, 1.82) is 0 Å². The topological polar surface area (TPSA) is 54.1 Å². The van der Waals surface area contributed by atoms with Crippen molar-refractivity contribution in [3.05, 3.63) is 41.6 Å². The van der Waals surface area contributed by atoms with E-state index in [4.69, 9.17) is 4.74 Å². The SMILES string of the molecule is CC(C)Oc1cc2c(c(-c3ccc[nH]3)c1)C(=O)NC2. The second-order valence-electron chi connectivity index (χ2n) is 4.94. The van der Waals surface area contributed by atoms with Crippen LogP contribution in [0, 0.1) is 0 Å². The van der Waals surface area contributed by atoms with Crippen LogP contribution in [-0.2, 0) is 6.54 Å². The Kier molecular flexibility index (Phi) is 2.78. The second kappa shape index (κ2) is 4.46. The molecule has 1 aromatic carbocycles. The Morgan fingerprint density at radius 3 is 2.84 bits per heavy atom. The Morgan fingerprint density at radius 1 is 1.32 bits per heavy atom. The molecule has 0 spiro atoms. The summed E-state index contributed by atoms with van der Waals surface area (Å²) in [6, 6.07) is 7.75. The molecule has 0 aliphatic carbocycles. The molecule has 0 bridgehead atoms. The molecular weight excluding hydrogens is 240 g/mol. The lowest BCUT2D eigenvalue weighted by atomic mass is 10.00. The zero-order valence-electron chi connectivity index (χ0n) is 11.0. The van der Waals surface area contributed by atoms with Crippen molar-refractivity contribution in [2.75, 3.05) is 0 Å². The van der Waals surface area contributed by atoms with Crippen LogP contribution in [0.25, 0.3) is 11.3 Å². The van der Waals surface area contributed by atoms with Crippen molar-refractivity contribution in [2.24, 2.45) is 0 Å². The molecular formula is C15H16N2O2. The first kappa shape index (κ1) is 11.8. The normalized spacial score (nSPS) is 13.5. The summed E-state index contributed by atoms with van der Waals surface area (Å²) in [7, 11) is 0. The smallest absolute Gasteiger partial charge is 0.252 e. The van der Waals surface area contributed by atoms with Crippen LogP contribution in [0.1, 0.15) is 29.8 Å². The number of aromatic amines is 1. The summed E-state index contributed by atoms with van der Waals surface area (Å²) in [5, 5.41) is 2.86. The second-order valence-corrected chi connectivity index (χ2v) is 4.94. The van der Waals surface area contributed by atoms with Crippen LogP contribution in [0.5, 0.6) is 5.75 Å². The lowest BCUT2D eigenvalue weighted by molar-refractivity contribution is 0.0966. The Morgan fingerprint density at radius 2 is 2.16 bits per heavy atom. The molecule has 4 heteroatoms. The monoisotopic (exact) mass is 256 g/mol. The summed E-state index contributed by atoms with van der Waals surface area (Å²) >= 11 is 0. The summed E-state index contributed by atoms with van der Waals surface area (Å²) in [4.78, 5) is 15.1. The van der Waals surface area contributed by atoms with Gasteiger partial charge in [-0.1, -0.05) is 0 Å². The van der Waals surface area contributed by atoms with Crippen molar-refractivity contribution < 1.29 is 9.53 Å². The molecule has 0 atom stereocenters. The van der Waals surface area contributed by atoms with Gasteiger partial charge in [0.15, 0.2) is 0 Å². The van der Waals surface area contributed by atoms with Crippen molar-refractivity contribution in [3.63, 3.8) is 0 Å². The number of nitrogens with one attached hydrogen (secondary N) is 2. The van der Waals surface area contributed by atoms with Gasteiger partial charge in [-0.2, -0.15) is 0 Å². The van der Waals surface area contributed by atoms with E-state index in [9.17, 15) is 4.79 Å². The molecule has 0 saturated heterocycles. The number of rotatable bonds is 3. The minimum Gasteiger partial charge on any atom is -0.491 e. The van der Waals surface area contributed by atoms with Crippen LogP contribution in [0.15, 0.2) is 30.5 Å². The van der Waals surface area contributed by atoms with Gasteiger partial charge in [0.2, 0.25) is 0 Å². The van der Waals surface area contributed by atoms with E-state index < -0.39 is 0 Å². The quantitative estimate of drug-likeness (QED) is 0.887. The van der Waals surface area contributed by atoms with Gasteiger partial charge in [0, 0.05) is 24.0 Å². The average Bonchev–Trinajstić information content (AvgIpc) is 2.98. The first-order valence-electron chi connectivity index (χ1n) is 6.40. The average molecular weight is 256 g/mol. The predicted molar refractivity (Wildman–Crippen MR) is 73.2 cm³/mol. The van der Waals surface area contributed by atoms with Crippen LogP contribution >= 0.6 is 0 Å². The highest BCUT2D eigenvalue weighted by atomic mass is 16.5. The van der Waals surface area contributed by atoms with Crippen LogP contribution in [0.3, 0.4) is 0 Å². The molecule has 2 aromatic rings. The highest BCUT2D eigenvalue weighted by Gasteiger charge is 2.25. The van der Waals surface area contributed by atoms with Crippen LogP contribution in [-0.4, -0.2) is 17.0 Å². The number of amides is 1. The first-order valence-corrected chi connectivity index (χ1v) is 6.40. The third-order valence-corrected chi connectivity index (χ3v) is 3.12. The third-order valence-electron chi connectivity index (χ3n) is 3.12. The van der Waals surface area contributed by atoms with E-state index in [0.29, 0.717) is 6.54 Å². The van der Waals surface area contributed by atoms with Gasteiger partial charge in [0.1, 0.15) is 5.75 Å². The fourth-order valence-corrected chi connectivity index (χ4v) is 2.39. The standard InChI is InChI=1S/C15H16N2O2/c1-9(2)19-11-6-10-8-17-15(18)14(10)12(7-11)13-4-3-5-16-13/h3-7,9,16H,8H2,1-2H3,(H,17,18). The summed E-state index contributed by atoms with van der Waals surface area (Å²) < 4.78 is 5.76. The molecule has 1 aliphatic rings. The van der Waals surface area contributed by atoms with E-state index >= 15 is 0 Å². The summed E-state index contributed by atoms with van der Waals surface area (Å²) in [5.74, 6) is 0.783. The van der Waals surface area contributed by atoms with Gasteiger partial charge in [0.05, 0.1) is 11.7 Å². The van der Waals surface area contributed by atoms with Crippen LogP contribution < -0.4 is 10.1 Å². The first-order chi connectivity index (χ1) is 9.15. The molecule has 1 amide bonds. The molecule has 0 saturated carbocycles. The molecule has 98 valence electrons. The fourth-order valence-electron chi connectivity index (χ4n) is 2.39. The fraction of sp³-hybridized carbons (Fsp3) is 0.267. The molecule has 4 nitrogen and oxygen atoms in total. The zero-order valence-corrected chi connectivity index (χ0v) is 11.0. The maximum Gasteiger partial charge on any atom is 0.252 e. The van der Waals surface area contributed by atoms with E-state index in [1.165, 1.54) is 0 Å². The summed E-state index contributed by atoms with van der Waals surface area (Å²) in [6.07, 6.45) is 1.96. The number of ether oxygens (including phenoxy) is 1. The molecule has 0 fully saturated rings. The lowest BCUT2D eigenvalue weighted by Crippen LogP contribution is -2.13. The zero-order chi connectivity index (χ0) is 13.4. The molecule has 2 N–H and O–H groups in total. The Hall–Kier alpha value is -2.23. The molecule has 1 aromatic heterocycles. The van der Waals surface area contributed by atoms with E-state index in [1.54, 1.807) is 0 Å². The van der Waals surface area contributed by atoms with E-state index in [-0.39, 0.29) is 12.0 Å². The molecule has 2 heterocycles. The largest absolute Gasteiger partial charge is 0.491 e. The van der Waals surface area contributed by atoms with Crippen molar-refractivity contribution in [3.8, 4) is 17.0 Å². The number of aromatic nitrogens is 1. The number of carbonyl (C=O) groups is 1. The minimum atomic E-state index is -0.0179. The molecule has 3 rings (SSSR count). The molecule has 1 aliphatic heterocycles. The predicted octanol–water partition coefficient (Wildman–Crippen LogP) is 2.71. The van der Waals surface area contributed by atoms with E-state index in [0.717, 1.165) is 28.1 Å². The summed E-state index contributed by atoms with van der Waals surface area (Å²) in [5.41, 5.74) is 3.57. The highest BCUT2D eigenvalue weighted by molar-refractivity contribution is 6.04. The number of hydrogen-bond donors (Lipinski definition) is 2. The number of carbonyl (C=O) groups excluding carboxylic acids is 1. The minimum absolute atomic E-state index is 0.0179. The van der Waals surface area contributed by atoms with Gasteiger partial charge < -0.3 is 15.0 Å². The van der Waals surface area contributed by atoms with E-state index in [1.807, 2.05) is 44.3 Å². The Bertz CT molecular complexity index is 615. The van der Waals surface area contributed by atoms with Crippen molar-refractivity contribution >= 4 is 5.91 Å². The van der Waals surface area contributed by atoms with Gasteiger partial charge >= 0.3 is 0 Å². The molecule has 0 unspecified atom stereocenters. The van der Waals surface area contributed by atoms with Crippen molar-refractivity contribution in [2.45, 2.75) is 26.5 Å². The molecule has 0 radical (unpaired) electrons. The van der Waals surface area contributed by atoms with Crippen molar-refractivity contribution in [1.82, 2.24) is 10.3 Å². The maximum atomic E-state index is 11.9. The Balaban J connectivity index is 2.15. The number of H-pyrrole nitrogens is 1. The highest BCUT2D eigenvalue weighted by Crippen LogP contribution is 2.33. The maximum absolute atomic E-state index is 11.9. The van der Waals surface area contributed by atoms with Crippen LogP contribution in [0.2, 0.25) is 0 Å². The van der Waals surface area contributed by atoms with Crippen LogP contribution in [0.4, 0.5) is 0 Å². The van der Waals surface area contributed by atoms with Gasteiger partial charge in [-0.3, -0.25) is 4.79 Å². The number of benzene rings is 1. The third kappa shape index (κ3) is 2.10. The lowest BCUT2D eigenvalue weighted by Gasteiger charge is -2.13. The number of hydrogen-bond acceptors (Lipinski definition) is 2. The number of fused-ring (bicyclic) bond motifs is 1. The summed E-state index contributed by atoms with van der Waals surface area (Å²) in [6.45, 7) is 4.55. The Labute approximate surface area is 111 Å². The van der Waals surface area contributed by atoms with Gasteiger partial charge in [-0.15, -0.1) is 0 Å². The van der Waals surface area contributed by atoms with Gasteiger partial charge in [-0.25, -0.2) is 0 Å². The van der Waals surface area contributed by atoms with Gasteiger partial charge in [-0.05, 0) is 43.7 Å².